The summed E-state index contributed by atoms with van der Waals surface area (Å²) in [5.41, 5.74) is 32.0. The van der Waals surface area contributed by atoms with E-state index in [1.54, 1.807) is 12.1 Å². The average molecular weight is 626 g/mol. The van der Waals surface area contributed by atoms with Gasteiger partial charge in [-0.1, -0.05) is 30.3 Å². The fraction of sp³-hybridized carbons (Fsp3) is 0.484. The Morgan fingerprint density at radius 2 is 1.69 bits per heavy atom. The lowest BCUT2D eigenvalue weighted by atomic mass is 9.96. The summed E-state index contributed by atoms with van der Waals surface area (Å²) >= 11 is 0. The summed E-state index contributed by atoms with van der Waals surface area (Å²) in [6.45, 7) is 0.745. The van der Waals surface area contributed by atoms with Gasteiger partial charge in [0.1, 0.15) is 23.9 Å². The molecule has 5 atom stereocenters. The van der Waals surface area contributed by atoms with Gasteiger partial charge in [-0.2, -0.15) is 0 Å². The van der Waals surface area contributed by atoms with Crippen LogP contribution in [0.4, 0.5) is 0 Å². The summed E-state index contributed by atoms with van der Waals surface area (Å²) in [5, 5.41) is 21.3. The van der Waals surface area contributed by atoms with E-state index in [2.05, 4.69) is 21.3 Å². The third-order valence-corrected chi connectivity index (χ3v) is 7.71. The normalized spacial score (nSPS) is 20.1. The van der Waals surface area contributed by atoms with Crippen LogP contribution in [0.15, 0.2) is 42.5 Å². The van der Waals surface area contributed by atoms with Crippen LogP contribution in [0.3, 0.4) is 0 Å². The van der Waals surface area contributed by atoms with Crippen LogP contribution in [0, 0.1) is 0 Å². The lowest BCUT2D eigenvalue weighted by Crippen LogP contribution is -2.59. The fourth-order valence-corrected chi connectivity index (χ4v) is 5.06. The molecule has 1 aliphatic heterocycles. The van der Waals surface area contributed by atoms with Crippen LogP contribution >= 0.6 is 0 Å². The van der Waals surface area contributed by atoms with Gasteiger partial charge in [0.05, 0.1) is 6.04 Å². The summed E-state index contributed by atoms with van der Waals surface area (Å²) in [6.07, 6.45) is 2.05. The fourth-order valence-electron chi connectivity index (χ4n) is 5.06. The molecule has 3 rings (SSSR count). The molecule has 0 aliphatic carbocycles. The largest absolute Gasteiger partial charge is 0.508 e. The summed E-state index contributed by atoms with van der Waals surface area (Å²) in [5.74, 6) is -2.36. The molecular formula is C31H47N9O5. The molecule has 246 valence electrons. The van der Waals surface area contributed by atoms with Crippen molar-refractivity contribution in [2.24, 2.45) is 28.7 Å². The number of hydrogen-bond donors (Lipinski definition) is 10. The van der Waals surface area contributed by atoms with Gasteiger partial charge in [0.25, 0.3) is 0 Å². The summed E-state index contributed by atoms with van der Waals surface area (Å²) in [6, 6.07) is 7.77. The number of aromatic hydroxyl groups is 1. The van der Waals surface area contributed by atoms with Crippen molar-refractivity contribution < 1.29 is 24.3 Å². The Bertz CT molecular complexity index is 1320. The summed E-state index contributed by atoms with van der Waals surface area (Å²) < 4.78 is 0. The van der Waals surface area contributed by atoms with Gasteiger partial charge in [0.2, 0.25) is 23.6 Å². The van der Waals surface area contributed by atoms with Gasteiger partial charge < -0.3 is 55.0 Å². The minimum absolute atomic E-state index is 0.00679. The third kappa shape index (κ3) is 10.5. The molecular weight excluding hydrogens is 578 g/mol. The Morgan fingerprint density at radius 3 is 2.40 bits per heavy atom. The van der Waals surface area contributed by atoms with Gasteiger partial charge in [-0.05, 0) is 73.2 Å². The van der Waals surface area contributed by atoms with Crippen molar-refractivity contribution in [2.75, 3.05) is 26.2 Å². The molecule has 4 bridgehead atoms. The number of benzene rings is 2. The highest BCUT2D eigenvalue weighted by Gasteiger charge is 2.31. The number of phenolic OH excluding ortho intramolecular Hbond substituents is 1. The smallest absolute Gasteiger partial charge is 0.243 e. The highest BCUT2D eigenvalue weighted by atomic mass is 16.3. The number of rotatable bonds is 12. The van der Waals surface area contributed by atoms with Gasteiger partial charge in [-0.25, -0.2) is 0 Å². The Kier molecular flexibility index (Phi) is 13.7. The van der Waals surface area contributed by atoms with Gasteiger partial charge in [0, 0.05) is 32.0 Å². The van der Waals surface area contributed by atoms with E-state index < -0.39 is 47.8 Å². The lowest BCUT2D eigenvalue weighted by Gasteiger charge is -2.26. The van der Waals surface area contributed by atoms with Gasteiger partial charge in [-0.3, -0.25) is 19.2 Å². The molecule has 0 saturated heterocycles. The molecule has 0 radical (unpaired) electrons. The van der Waals surface area contributed by atoms with Crippen LogP contribution < -0.4 is 49.9 Å². The second-order valence-corrected chi connectivity index (χ2v) is 11.3. The standard InChI is InChI=1S/C31H47N9O5/c32-10-2-6-22(35)17-37-29(43)26(16-34)40-31(45)25-13-18-4-1-5-19(12-18)20-8-9-27(41)21(14-20)15-23(36)28(42)38-24(7-3-11-33)30(44)39-25/h1,4-5,8-9,12,14,22-26,41H,2-3,6-7,10-11,13,15-17,32-36H2,(H,37,43)(H,38,42)(H,39,44)(H,40,45)/t22-,23-,24?,25-,26-/m0/s1. The minimum atomic E-state index is -1.13. The number of carbonyl (C=O) groups is 4. The molecule has 1 unspecified atom stereocenters. The Balaban J connectivity index is 1.92. The Morgan fingerprint density at radius 1 is 0.956 bits per heavy atom. The van der Waals surface area contributed by atoms with E-state index in [0.717, 1.165) is 16.7 Å². The SMILES string of the molecule is NCCCC1NC(=O)[C@@H](N)Cc2cc(ccc2O)-c2cccc(c2)C[C@@H](C(=O)N[C@@H](CN)C(=O)NC[C@@H](N)CCCN)NC1=O. The first-order valence-corrected chi connectivity index (χ1v) is 15.3. The highest BCUT2D eigenvalue weighted by Crippen LogP contribution is 2.28. The zero-order valence-corrected chi connectivity index (χ0v) is 25.5. The van der Waals surface area contributed by atoms with Crippen molar-refractivity contribution in [3.8, 4) is 16.9 Å². The first kappa shape index (κ1) is 35.4. The maximum absolute atomic E-state index is 13.6. The summed E-state index contributed by atoms with van der Waals surface area (Å²) in [4.78, 5) is 53.2. The van der Waals surface area contributed by atoms with E-state index in [0.29, 0.717) is 31.4 Å². The van der Waals surface area contributed by atoms with Crippen molar-refractivity contribution in [2.45, 2.75) is 68.7 Å². The monoisotopic (exact) mass is 625 g/mol. The number of hydrogen-bond acceptors (Lipinski definition) is 10. The molecule has 15 N–H and O–H groups in total. The van der Waals surface area contributed by atoms with Gasteiger partial charge in [0.15, 0.2) is 0 Å². The second-order valence-electron chi connectivity index (χ2n) is 11.3. The molecule has 0 saturated carbocycles. The zero-order valence-electron chi connectivity index (χ0n) is 25.5. The molecule has 45 heavy (non-hydrogen) atoms. The topological polar surface area (TPSA) is 267 Å². The predicted molar refractivity (Wildman–Crippen MR) is 171 cm³/mol. The van der Waals surface area contributed by atoms with Crippen molar-refractivity contribution in [1.29, 1.82) is 0 Å². The zero-order chi connectivity index (χ0) is 32.9. The molecule has 4 amide bonds. The molecule has 0 spiro atoms. The third-order valence-electron chi connectivity index (χ3n) is 7.71. The van der Waals surface area contributed by atoms with E-state index in [1.165, 1.54) is 6.07 Å². The van der Waals surface area contributed by atoms with Crippen LogP contribution in [0.1, 0.15) is 36.8 Å². The highest BCUT2D eigenvalue weighted by molar-refractivity contribution is 5.95. The van der Waals surface area contributed by atoms with E-state index in [9.17, 15) is 24.3 Å². The quantitative estimate of drug-likeness (QED) is 0.122. The van der Waals surface area contributed by atoms with E-state index in [-0.39, 0.29) is 50.7 Å². The average Bonchev–Trinajstić information content (AvgIpc) is 3.03. The van der Waals surface area contributed by atoms with Crippen LogP contribution in [0.2, 0.25) is 0 Å². The lowest BCUT2D eigenvalue weighted by molar-refractivity contribution is -0.134. The first-order valence-electron chi connectivity index (χ1n) is 15.3. The maximum Gasteiger partial charge on any atom is 0.243 e. The minimum Gasteiger partial charge on any atom is -0.508 e. The van der Waals surface area contributed by atoms with E-state index >= 15 is 0 Å². The number of amides is 4. The molecule has 1 heterocycles. The van der Waals surface area contributed by atoms with Crippen LogP contribution in [-0.4, -0.2) is 85.1 Å². The number of fused-ring (bicyclic) bond motifs is 5. The molecule has 14 heteroatoms. The van der Waals surface area contributed by atoms with E-state index in [4.69, 9.17) is 28.7 Å². The van der Waals surface area contributed by atoms with Crippen LogP contribution in [-0.2, 0) is 32.0 Å². The van der Waals surface area contributed by atoms with E-state index in [1.807, 2.05) is 24.3 Å². The van der Waals surface area contributed by atoms with Gasteiger partial charge >= 0.3 is 0 Å². The molecule has 2 aromatic carbocycles. The number of nitrogens with two attached hydrogens (primary N) is 5. The first-order chi connectivity index (χ1) is 21.6. The second kappa shape index (κ2) is 17.4. The summed E-state index contributed by atoms with van der Waals surface area (Å²) in [7, 11) is 0. The van der Waals surface area contributed by atoms with Crippen LogP contribution in [0.25, 0.3) is 11.1 Å². The molecule has 0 fully saturated rings. The molecule has 2 aromatic rings. The molecule has 0 aromatic heterocycles. The van der Waals surface area contributed by atoms with Crippen molar-refractivity contribution in [1.82, 2.24) is 21.3 Å². The van der Waals surface area contributed by atoms with Gasteiger partial charge in [-0.15, -0.1) is 0 Å². The molecule has 14 nitrogen and oxygen atoms in total. The van der Waals surface area contributed by atoms with Crippen LogP contribution in [0.5, 0.6) is 5.75 Å². The molecule has 1 aliphatic rings. The van der Waals surface area contributed by atoms with Crippen molar-refractivity contribution in [3.63, 3.8) is 0 Å². The van der Waals surface area contributed by atoms with Crippen molar-refractivity contribution in [3.05, 3.63) is 53.6 Å². The predicted octanol–water partition coefficient (Wildman–Crippen LogP) is -2.18. The Labute approximate surface area is 263 Å². The van der Waals surface area contributed by atoms with Crippen molar-refractivity contribution >= 4 is 23.6 Å². The number of carbonyl (C=O) groups excluding carboxylic acids is 4. The maximum atomic E-state index is 13.6. The Hall–Kier alpha value is -4.08. The number of phenols is 1. The number of nitrogens with one attached hydrogen (secondary N) is 4.